The van der Waals surface area contributed by atoms with E-state index in [1.54, 1.807) is 37.3 Å². The highest BCUT2D eigenvalue weighted by atomic mass is 16.5. The molecule has 0 aromatic heterocycles. The van der Waals surface area contributed by atoms with E-state index < -0.39 is 0 Å². The molecular formula is C15H16N2O3. The van der Waals surface area contributed by atoms with E-state index in [1.807, 2.05) is 0 Å². The number of aromatic hydroxyl groups is 1. The average molecular weight is 272 g/mol. The number of hydrogen-bond acceptors (Lipinski definition) is 4. The zero-order valence-electron chi connectivity index (χ0n) is 11.3. The topological polar surface area (TPSA) is 84.6 Å². The van der Waals surface area contributed by atoms with Gasteiger partial charge in [0, 0.05) is 11.3 Å². The summed E-state index contributed by atoms with van der Waals surface area (Å²) in [5, 5.41) is 12.1. The first kappa shape index (κ1) is 13.7. The number of nitrogens with two attached hydrogens (primary N) is 1. The Morgan fingerprint density at radius 3 is 2.60 bits per heavy atom. The fourth-order valence-electron chi connectivity index (χ4n) is 1.86. The van der Waals surface area contributed by atoms with Crippen molar-refractivity contribution in [1.29, 1.82) is 0 Å². The SMILES string of the molecule is COc1ccc(C(=O)Nc2ccc(O)cc2C)cc1N. The molecule has 0 aliphatic rings. The number of phenolic OH excluding ortho intramolecular Hbond substituents is 1. The lowest BCUT2D eigenvalue weighted by Gasteiger charge is -2.10. The second-order valence-electron chi connectivity index (χ2n) is 4.41. The molecule has 0 radical (unpaired) electrons. The van der Waals surface area contributed by atoms with Crippen LogP contribution in [0.3, 0.4) is 0 Å². The monoisotopic (exact) mass is 272 g/mol. The summed E-state index contributed by atoms with van der Waals surface area (Å²) in [6.07, 6.45) is 0. The standard InChI is InChI=1S/C15H16N2O3/c1-9-7-11(18)4-5-13(9)17-15(19)10-3-6-14(20-2)12(16)8-10/h3-8,18H,16H2,1-2H3,(H,17,19). The van der Waals surface area contributed by atoms with Gasteiger partial charge in [0.2, 0.25) is 0 Å². The van der Waals surface area contributed by atoms with Crippen LogP contribution >= 0.6 is 0 Å². The summed E-state index contributed by atoms with van der Waals surface area (Å²) >= 11 is 0. The number of hydrogen-bond donors (Lipinski definition) is 3. The van der Waals surface area contributed by atoms with Crippen molar-refractivity contribution in [2.24, 2.45) is 0 Å². The molecule has 104 valence electrons. The summed E-state index contributed by atoms with van der Waals surface area (Å²) in [4.78, 5) is 12.1. The van der Waals surface area contributed by atoms with E-state index in [2.05, 4.69) is 5.32 Å². The molecule has 0 saturated carbocycles. The Balaban J connectivity index is 2.21. The predicted octanol–water partition coefficient (Wildman–Crippen LogP) is 2.54. The van der Waals surface area contributed by atoms with Crippen LogP contribution in [0.1, 0.15) is 15.9 Å². The molecule has 0 heterocycles. The first-order valence-electron chi connectivity index (χ1n) is 6.05. The van der Waals surface area contributed by atoms with Gasteiger partial charge >= 0.3 is 0 Å². The maximum Gasteiger partial charge on any atom is 0.255 e. The highest BCUT2D eigenvalue weighted by Gasteiger charge is 2.10. The van der Waals surface area contributed by atoms with Crippen LogP contribution in [0.2, 0.25) is 0 Å². The third kappa shape index (κ3) is 2.83. The molecule has 0 aliphatic carbocycles. The molecule has 0 atom stereocenters. The van der Waals surface area contributed by atoms with Gasteiger partial charge in [0.05, 0.1) is 12.8 Å². The van der Waals surface area contributed by atoms with Crippen LogP contribution in [-0.4, -0.2) is 18.1 Å². The van der Waals surface area contributed by atoms with Gasteiger partial charge in [-0.1, -0.05) is 0 Å². The van der Waals surface area contributed by atoms with E-state index in [9.17, 15) is 9.90 Å². The van der Waals surface area contributed by atoms with Crippen molar-refractivity contribution in [2.45, 2.75) is 6.92 Å². The van der Waals surface area contributed by atoms with E-state index in [-0.39, 0.29) is 11.7 Å². The molecule has 1 amide bonds. The number of amides is 1. The van der Waals surface area contributed by atoms with E-state index in [0.717, 1.165) is 5.56 Å². The van der Waals surface area contributed by atoms with Gasteiger partial charge in [-0.3, -0.25) is 4.79 Å². The molecule has 2 rings (SSSR count). The Labute approximate surface area is 117 Å². The molecule has 20 heavy (non-hydrogen) atoms. The van der Waals surface area contributed by atoms with Crippen LogP contribution in [0.25, 0.3) is 0 Å². The zero-order chi connectivity index (χ0) is 14.7. The van der Waals surface area contributed by atoms with Crippen molar-refractivity contribution in [3.05, 3.63) is 47.5 Å². The van der Waals surface area contributed by atoms with Crippen molar-refractivity contribution in [1.82, 2.24) is 0 Å². The minimum absolute atomic E-state index is 0.161. The minimum atomic E-state index is -0.270. The molecule has 0 unspecified atom stereocenters. The maximum absolute atomic E-state index is 12.1. The molecule has 2 aromatic rings. The lowest BCUT2D eigenvalue weighted by molar-refractivity contribution is 0.102. The second kappa shape index (κ2) is 5.52. The van der Waals surface area contributed by atoms with Crippen LogP contribution < -0.4 is 15.8 Å². The summed E-state index contributed by atoms with van der Waals surface area (Å²) in [7, 11) is 1.52. The highest BCUT2D eigenvalue weighted by Crippen LogP contribution is 2.24. The minimum Gasteiger partial charge on any atom is -0.508 e. The van der Waals surface area contributed by atoms with Crippen molar-refractivity contribution < 1.29 is 14.6 Å². The number of carbonyl (C=O) groups excluding carboxylic acids is 1. The largest absolute Gasteiger partial charge is 0.508 e. The van der Waals surface area contributed by atoms with Crippen LogP contribution in [0, 0.1) is 6.92 Å². The summed E-state index contributed by atoms with van der Waals surface area (Å²) < 4.78 is 5.05. The number of ether oxygens (including phenoxy) is 1. The summed E-state index contributed by atoms with van der Waals surface area (Å²) in [5.41, 5.74) is 8.04. The van der Waals surface area contributed by atoms with E-state index >= 15 is 0 Å². The summed E-state index contributed by atoms with van der Waals surface area (Å²) in [6.45, 7) is 1.80. The van der Waals surface area contributed by atoms with Gasteiger partial charge in [-0.2, -0.15) is 0 Å². The maximum atomic E-state index is 12.1. The average Bonchev–Trinajstić information content (AvgIpc) is 2.41. The number of methoxy groups -OCH3 is 1. The lowest BCUT2D eigenvalue weighted by atomic mass is 10.1. The Kier molecular flexibility index (Phi) is 3.79. The zero-order valence-corrected chi connectivity index (χ0v) is 11.3. The Morgan fingerprint density at radius 1 is 1.25 bits per heavy atom. The van der Waals surface area contributed by atoms with Crippen LogP contribution in [0.4, 0.5) is 11.4 Å². The molecule has 0 spiro atoms. The van der Waals surface area contributed by atoms with Crippen LogP contribution in [0.15, 0.2) is 36.4 Å². The third-order valence-corrected chi connectivity index (χ3v) is 2.95. The molecule has 0 fully saturated rings. The summed E-state index contributed by atoms with van der Waals surface area (Å²) in [6, 6.07) is 9.59. The first-order valence-corrected chi connectivity index (χ1v) is 6.05. The first-order chi connectivity index (χ1) is 9.51. The molecule has 0 saturated heterocycles. The molecule has 0 aliphatic heterocycles. The van der Waals surface area contributed by atoms with Crippen LogP contribution in [-0.2, 0) is 0 Å². The molecule has 2 aromatic carbocycles. The number of nitrogen functional groups attached to an aromatic ring is 1. The number of aryl methyl sites for hydroxylation is 1. The summed E-state index contributed by atoms with van der Waals surface area (Å²) in [5.74, 6) is 0.421. The quantitative estimate of drug-likeness (QED) is 0.592. The molecule has 5 heteroatoms. The third-order valence-electron chi connectivity index (χ3n) is 2.95. The smallest absolute Gasteiger partial charge is 0.255 e. The van der Waals surface area contributed by atoms with Gasteiger partial charge < -0.3 is 20.9 Å². The molecule has 0 bridgehead atoms. The van der Waals surface area contributed by atoms with Crippen molar-refractivity contribution in [2.75, 3.05) is 18.2 Å². The van der Waals surface area contributed by atoms with Gasteiger partial charge in [-0.15, -0.1) is 0 Å². The van der Waals surface area contributed by atoms with Crippen molar-refractivity contribution in [3.63, 3.8) is 0 Å². The van der Waals surface area contributed by atoms with Crippen molar-refractivity contribution in [3.8, 4) is 11.5 Å². The molecule has 4 N–H and O–H groups in total. The van der Waals surface area contributed by atoms with Gasteiger partial charge in [0.25, 0.3) is 5.91 Å². The predicted molar refractivity (Wildman–Crippen MR) is 78.2 cm³/mol. The fraction of sp³-hybridized carbons (Fsp3) is 0.133. The number of benzene rings is 2. The number of carbonyl (C=O) groups is 1. The van der Waals surface area contributed by atoms with E-state index in [0.29, 0.717) is 22.7 Å². The molecular weight excluding hydrogens is 256 g/mol. The van der Waals surface area contributed by atoms with Gasteiger partial charge in [-0.05, 0) is 48.9 Å². The van der Waals surface area contributed by atoms with Crippen molar-refractivity contribution >= 4 is 17.3 Å². The number of rotatable bonds is 3. The second-order valence-corrected chi connectivity index (χ2v) is 4.41. The van der Waals surface area contributed by atoms with E-state index in [1.165, 1.54) is 13.2 Å². The Morgan fingerprint density at radius 2 is 2.00 bits per heavy atom. The number of phenols is 1. The van der Waals surface area contributed by atoms with Gasteiger partial charge in [0.1, 0.15) is 11.5 Å². The molecule has 5 nitrogen and oxygen atoms in total. The van der Waals surface area contributed by atoms with E-state index in [4.69, 9.17) is 10.5 Å². The highest BCUT2D eigenvalue weighted by molar-refractivity contribution is 6.05. The Bertz CT molecular complexity index is 654. The van der Waals surface area contributed by atoms with Gasteiger partial charge in [0.15, 0.2) is 0 Å². The van der Waals surface area contributed by atoms with Gasteiger partial charge in [-0.25, -0.2) is 0 Å². The lowest BCUT2D eigenvalue weighted by Crippen LogP contribution is -2.13. The normalized spacial score (nSPS) is 10.1. The number of anilines is 2. The van der Waals surface area contributed by atoms with Crippen LogP contribution in [0.5, 0.6) is 11.5 Å². The number of nitrogens with one attached hydrogen (secondary N) is 1. The Hall–Kier alpha value is -2.69. The fourth-order valence-corrected chi connectivity index (χ4v) is 1.86.